The average molecular weight is 302 g/mol. The van der Waals surface area contributed by atoms with E-state index in [1.807, 2.05) is 24.3 Å². The lowest BCUT2D eigenvalue weighted by atomic mass is 10.0. The Balaban J connectivity index is 1.69. The van der Waals surface area contributed by atoms with Gasteiger partial charge in [-0.2, -0.15) is 0 Å². The van der Waals surface area contributed by atoms with Crippen molar-refractivity contribution in [1.82, 2.24) is 4.90 Å². The minimum atomic E-state index is -0.586. The first kappa shape index (κ1) is 15.0. The van der Waals surface area contributed by atoms with Gasteiger partial charge in [0.25, 0.3) is 0 Å². The van der Waals surface area contributed by atoms with Crippen LogP contribution in [-0.2, 0) is 9.59 Å². The van der Waals surface area contributed by atoms with Crippen molar-refractivity contribution in [2.24, 2.45) is 5.92 Å². The molecule has 1 aromatic carbocycles. The second kappa shape index (κ2) is 5.72. The lowest BCUT2D eigenvalue weighted by Gasteiger charge is -2.37. The van der Waals surface area contributed by atoms with Crippen LogP contribution in [0.5, 0.6) is 0 Å². The predicted molar refractivity (Wildman–Crippen MR) is 83.6 cm³/mol. The molecule has 2 saturated heterocycles. The maximum absolute atomic E-state index is 12.5. The van der Waals surface area contributed by atoms with Crippen molar-refractivity contribution >= 4 is 17.5 Å². The topological polar surface area (TPSA) is 60.9 Å². The normalized spacial score (nSPS) is 22.4. The van der Waals surface area contributed by atoms with E-state index < -0.39 is 12.0 Å². The molecule has 0 radical (unpaired) electrons. The molecule has 2 aliphatic heterocycles. The number of amides is 2. The fourth-order valence-corrected chi connectivity index (χ4v) is 3.06. The molecule has 118 valence electrons. The van der Waals surface area contributed by atoms with Gasteiger partial charge in [0, 0.05) is 25.3 Å². The van der Waals surface area contributed by atoms with Crippen molar-refractivity contribution < 1.29 is 14.7 Å². The van der Waals surface area contributed by atoms with Crippen LogP contribution in [0.4, 0.5) is 5.69 Å². The van der Waals surface area contributed by atoms with Gasteiger partial charge >= 0.3 is 0 Å². The van der Waals surface area contributed by atoms with E-state index in [1.165, 1.54) is 5.56 Å². The van der Waals surface area contributed by atoms with E-state index in [2.05, 4.69) is 13.8 Å². The number of benzene rings is 1. The van der Waals surface area contributed by atoms with Crippen LogP contribution in [0, 0.1) is 5.92 Å². The summed E-state index contributed by atoms with van der Waals surface area (Å²) in [5.74, 6) is -0.395. The zero-order valence-electron chi connectivity index (χ0n) is 13.0. The van der Waals surface area contributed by atoms with Crippen LogP contribution in [0.25, 0.3) is 0 Å². The van der Waals surface area contributed by atoms with E-state index in [9.17, 15) is 14.7 Å². The second-order valence-electron chi connectivity index (χ2n) is 6.47. The molecular formula is C17H22N2O3. The number of carbonyl (C=O) groups is 2. The summed E-state index contributed by atoms with van der Waals surface area (Å²) in [5, 5.41) is 9.29. The van der Waals surface area contributed by atoms with Crippen molar-refractivity contribution in [2.75, 3.05) is 24.5 Å². The lowest BCUT2D eigenvalue weighted by Crippen LogP contribution is -2.56. The SMILES string of the molecule is CC(C)c1ccc(N2CCC(C(=O)N3CC(O)C3)C2=O)cc1. The molecule has 5 heteroatoms. The van der Waals surface area contributed by atoms with Gasteiger partial charge in [-0.05, 0) is 30.0 Å². The van der Waals surface area contributed by atoms with Gasteiger partial charge in [0.15, 0.2) is 0 Å². The molecule has 0 saturated carbocycles. The molecule has 0 spiro atoms. The Kier molecular flexibility index (Phi) is 3.91. The largest absolute Gasteiger partial charge is 0.389 e. The van der Waals surface area contributed by atoms with Crippen LogP contribution in [0.3, 0.4) is 0 Å². The molecule has 2 fully saturated rings. The van der Waals surface area contributed by atoms with Crippen LogP contribution in [0.1, 0.15) is 31.7 Å². The van der Waals surface area contributed by atoms with E-state index in [0.717, 1.165) is 5.69 Å². The van der Waals surface area contributed by atoms with Gasteiger partial charge in [-0.15, -0.1) is 0 Å². The molecule has 22 heavy (non-hydrogen) atoms. The molecule has 2 heterocycles. The van der Waals surface area contributed by atoms with Gasteiger partial charge < -0.3 is 14.9 Å². The number of nitrogens with zero attached hydrogens (tertiary/aromatic N) is 2. The first-order chi connectivity index (χ1) is 10.5. The molecule has 5 nitrogen and oxygen atoms in total. The lowest BCUT2D eigenvalue weighted by molar-refractivity contribution is -0.148. The third kappa shape index (κ3) is 2.61. The average Bonchev–Trinajstić information content (AvgIpc) is 2.85. The number of hydrogen-bond donors (Lipinski definition) is 1. The van der Waals surface area contributed by atoms with Crippen molar-refractivity contribution in [3.8, 4) is 0 Å². The van der Waals surface area contributed by atoms with Gasteiger partial charge in [-0.25, -0.2) is 0 Å². The van der Waals surface area contributed by atoms with E-state index in [1.54, 1.807) is 9.80 Å². The molecule has 2 aliphatic rings. The van der Waals surface area contributed by atoms with Gasteiger partial charge in [-0.1, -0.05) is 26.0 Å². The molecule has 0 aromatic heterocycles. The fourth-order valence-electron chi connectivity index (χ4n) is 3.06. The summed E-state index contributed by atoms with van der Waals surface area (Å²) in [6.07, 6.45) is 0.121. The summed E-state index contributed by atoms with van der Waals surface area (Å²) >= 11 is 0. The summed E-state index contributed by atoms with van der Waals surface area (Å²) in [7, 11) is 0. The fraction of sp³-hybridized carbons (Fsp3) is 0.529. The molecule has 0 aliphatic carbocycles. The second-order valence-corrected chi connectivity index (χ2v) is 6.47. The van der Waals surface area contributed by atoms with Gasteiger partial charge in [0.05, 0.1) is 6.10 Å². The molecule has 2 amide bonds. The molecule has 3 rings (SSSR count). The van der Waals surface area contributed by atoms with Crippen LogP contribution >= 0.6 is 0 Å². The molecular weight excluding hydrogens is 280 g/mol. The zero-order valence-corrected chi connectivity index (χ0v) is 13.0. The summed E-state index contributed by atoms with van der Waals surface area (Å²) in [6, 6.07) is 7.98. The number of β-amino-alcohol motifs (C(OH)–C–C–N with tert-alkyl or cyclic N) is 1. The van der Waals surface area contributed by atoms with Crippen molar-refractivity contribution in [3.63, 3.8) is 0 Å². The Labute approximate surface area is 130 Å². The third-order valence-electron chi connectivity index (χ3n) is 4.55. The predicted octanol–water partition coefficient (Wildman–Crippen LogP) is 1.37. The van der Waals surface area contributed by atoms with Crippen molar-refractivity contribution in [2.45, 2.75) is 32.3 Å². The molecule has 0 bridgehead atoms. The summed E-state index contributed by atoms with van der Waals surface area (Å²) < 4.78 is 0. The standard InChI is InChI=1S/C17H22N2O3/c1-11(2)12-3-5-13(6-4-12)19-8-7-15(17(19)22)16(21)18-9-14(20)10-18/h3-6,11,14-15,20H,7-10H2,1-2H3. The maximum Gasteiger partial charge on any atom is 0.239 e. The van der Waals surface area contributed by atoms with Gasteiger partial charge in [0.1, 0.15) is 5.92 Å². The zero-order chi connectivity index (χ0) is 15.9. The molecule has 1 atom stereocenters. The maximum atomic E-state index is 12.5. The number of hydrogen-bond acceptors (Lipinski definition) is 3. The third-order valence-corrected chi connectivity index (χ3v) is 4.55. The minimum absolute atomic E-state index is 0.122. The number of carbonyl (C=O) groups excluding carboxylic acids is 2. The first-order valence-corrected chi connectivity index (χ1v) is 7.85. The van der Waals surface area contributed by atoms with E-state index in [0.29, 0.717) is 32.0 Å². The van der Waals surface area contributed by atoms with Crippen molar-refractivity contribution in [1.29, 1.82) is 0 Å². The Morgan fingerprint density at radius 2 is 1.86 bits per heavy atom. The monoisotopic (exact) mass is 302 g/mol. The van der Waals surface area contributed by atoms with E-state index >= 15 is 0 Å². The minimum Gasteiger partial charge on any atom is -0.389 e. The van der Waals surface area contributed by atoms with Gasteiger partial charge in [-0.3, -0.25) is 9.59 Å². The summed E-state index contributed by atoms with van der Waals surface area (Å²) in [5.41, 5.74) is 2.09. The van der Waals surface area contributed by atoms with E-state index in [-0.39, 0.29) is 11.8 Å². The van der Waals surface area contributed by atoms with Crippen LogP contribution < -0.4 is 4.90 Å². The Bertz CT molecular complexity index is 576. The summed E-state index contributed by atoms with van der Waals surface area (Å²) in [4.78, 5) is 28.0. The van der Waals surface area contributed by atoms with E-state index in [4.69, 9.17) is 0 Å². The highest BCUT2D eigenvalue weighted by molar-refractivity contribution is 6.09. The number of anilines is 1. The van der Waals surface area contributed by atoms with Gasteiger partial charge in [0.2, 0.25) is 11.8 Å². The quantitative estimate of drug-likeness (QED) is 0.858. The number of likely N-dealkylation sites (tertiary alicyclic amines) is 1. The highest BCUT2D eigenvalue weighted by Gasteiger charge is 2.42. The Morgan fingerprint density at radius 3 is 2.41 bits per heavy atom. The first-order valence-electron chi connectivity index (χ1n) is 7.85. The highest BCUT2D eigenvalue weighted by atomic mass is 16.3. The van der Waals surface area contributed by atoms with Crippen LogP contribution in [0.2, 0.25) is 0 Å². The number of aliphatic hydroxyl groups excluding tert-OH is 1. The molecule has 1 aromatic rings. The summed E-state index contributed by atoms with van der Waals surface area (Å²) in [6.45, 7) is 5.54. The molecule has 1 N–H and O–H groups in total. The van der Waals surface area contributed by atoms with Crippen LogP contribution in [-0.4, -0.2) is 47.6 Å². The number of rotatable bonds is 3. The van der Waals surface area contributed by atoms with Crippen LogP contribution in [0.15, 0.2) is 24.3 Å². The Hall–Kier alpha value is -1.88. The Morgan fingerprint density at radius 1 is 1.23 bits per heavy atom. The highest BCUT2D eigenvalue weighted by Crippen LogP contribution is 2.28. The van der Waals surface area contributed by atoms with Crippen molar-refractivity contribution in [3.05, 3.63) is 29.8 Å². The smallest absolute Gasteiger partial charge is 0.239 e. The molecule has 1 unspecified atom stereocenters. The number of aliphatic hydroxyl groups is 1.